The molecule has 8 heteroatoms. The predicted molar refractivity (Wildman–Crippen MR) is 116 cm³/mol. The van der Waals surface area contributed by atoms with Gasteiger partial charge in [-0.2, -0.15) is 0 Å². The normalized spacial score (nSPS) is 18.3. The van der Waals surface area contributed by atoms with Gasteiger partial charge in [-0.05, 0) is 37.1 Å². The molecule has 2 aliphatic heterocycles. The van der Waals surface area contributed by atoms with Crippen molar-refractivity contribution in [3.8, 4) is 0 Å². The monoisotopic (exact) mass is 450 g/mol. The van der Waals surface area contributed by atoms with Gasteiger partial charge in [-0.25, -0.2) is 9.59 Å². The number of benzene rings is 1. The molecule has 32 heavy (non-hydrogen) atoms. The summed E-state index contributed by atoms with van der Waals surface area (Å²) < 4.78 is 32.2. The van der Waals surface area contributed by atoms with E-state index in [-0.39, 0.29) is 24.0 Å². The third-order valence-electron chi connectivity index (χ3n) is 6.23. The average molecular weight is 451 g/mol. The van der Waals surface area contributed by atoms with Gasteiger partial charge < -0.3 is 28.4 Å². The van der Waals surface area contributed by atoms with Crippen LogP contribution >= 0.6 is 0 Å². The predicted octanol–water partition coefficient (Wildman–Crippen LogP) is 2.89. The van der Waals surface area contributed by atoms with Crippen LogP contribution in [0, 0.1) is 10.8 Å². The van der Waals surface area contributed by atoms with Crippen LogP contribution in [-0.2, 0) is 28.4 Å². The van der Waals surface area contributed by atoms with Crippen molar-refractivity contribution >= 4 is 11.9 Å². The number of esters is 2. The van der Waals surface area contributed by atoms with Crippen LogP contribution in [0.3, 0.4) is 0 Å². The SMILES string of the molecule is CCC1(COCCOC(=O)c2ccc(C(=O)OCCOCC3(CC)COC3)cc2)COC1. The summed E-state index contributed by atoms with van der Waals surface area (Å²) >= 11 is 0. The largest absolute Gasteiger partial charge is 0.460 e. The minimum Gasteiger partial charge on any atom is -0.460 e. The van der Waals surface area contributed by atoms with Crippen LogP contribution in [0.4, 0.5) is 0 Å². The molecule has 1 aromatic rings. The summed E-state index contributed by atoms with van der Waals surface area (Å²) in [7, 11) is 0. The first-order valence-electron chi connectivity index (χ1n) is 11.3. The minimum atomic E-state index is -0.455. The molecule has 1 aromatic carbocycles. The van der Waals surface area contributed by atoms with Crippen LogP contribution in [-0.4, -0.2) is 78.0 Å². The number of carbonyl (C=O) groups excluding carboxylic acids is 2. The molecule has 2 saturated heterocycles. The van der Waals surface area contributed by atoms with Crippen LogP contribution in [0.15, 0.2) is 24.3 Å². The van der Waals surface area contributed by atoms with Crippen LogP contribution in [0.5, 0.6) is 0 Å². The van der Waals surface area contributed by atoms with E-state index in [1.807, 2.05) is 0 Å². The lowest BCUT2D eigenvalue weighted by Gasteiger charge is -2.40. The van der Waals surface area contributed by atoms with Crippen molar-refractivity contribution < 1.29 is 38.0 Å². The Hall–Kier alpha value is -2.00. The highest BCUT2D eigenvalue weighted by molar-refractivity contribution is 5.93. The number of carbonyl (C=O) groups is 2. The third kappa shape index (κ3) is 6.51. The highest BCUT2D eigenvalue weighted by atomic mass is 16.6. The number of hydrogen-bond donors (Lipinski definition) is 0. The van der Waals surface area contributed by atoms with E-state index in [0.29, 0.717) is 37.6 Å². The van der Waals surface area contributed by atoms with Gasteiger partial charge in [-0.1, -0.05) is 13.8 Å². The van der Waals surface area contributed by atoms with Crippen molar-refractivity contribution in [3.05, 3.63) is 35.4 Å². The molecule has 0 spiro atoms. The molecule has 2 fully saturated rings. The molecule has 0 aliphatic carbocycles. The topological polar surface area (TPSA) is 89.5 Å². The maximum absolute atomic E-state index is 12.1. The van der Waals surface area contributed by atoms with E-state index in [9.17, 15) is 9.59 Å². The summed E-state index contributed by atoms with van der Waals surface area (Å²) in [6.07, 6.45) is 2.01. The van der Waals surface area contributed by atoms with Crippen LogP contribution in [0.1, 0.15) is 47.4 Å². The van der Waals surface area contributed by atoms with Crippen molar-refractivity contribution in [2.24, 2.45) is 10.8 Å². The lowest BCUT2D eigenvalue weighted by atomic mass is 9.84. The molecule has 2 heterocycles. The lowest BCUT2D eigenvalue weighted by molar-refractivity contribution is -0.151. The van der Waals surface area contributed by atoms with Gasteiger partial charge in [0.1, 0.15) is 13.2 Å². The van der Waals surface area contributed by atoms with Crippen LogP contribution in [0.2, 0.25) is 0 Å². The van der Waals surface area contributed by atoms with Gasteiger partial charge in [0, 0.05) is 10.8 Å². The van der Waals surface area contributed by atoms with Gasteiger partial charge in [-0.3, -0.25) is 0 Å². The zero-order chi connectivity index (χ0) is 22.9. The van der Waals surface area contributed by atoms with Crippen molar-refractivity contribution in [2.75, 3.05) is 66.1 Å². The first-order valence-corrected chi connectivity index (χ1v) is 11.3. The summed E-state index contributed by atoms with van der Waals surface area (Å²) in [5, 5.41) is 0. The average Bonchev–Trinajstić information content (AvgIpc) is 2.76. The first kappa shape index (κ1) is 24.6. The van der Waals surface area contributed by atoms with Crippen molar-refractivity contribution in [3.63, 3.8) is 0 Å². The molecule has 0 radical (unpaired) electrons. The van der Waals surface area contributed by atoms with Crippen molar-refractivity contribution in [2.45, 2.75) is 26.7 Å². The summed E-state index contributed by atoms with van der Waals surface area (Å²) in [6.45, 7) is 9.37. The van der Waals surface area contributed by atoms with Crippen molar-refractivity contribution in [1.82, 2.24) is 0 Å². The van der Waals surface area contributed by atoms with E-state index in [0.717, 1.165) is 39.3 Å². The van der Waals surface area contributed by atoms with Gasteiger partial charge >= 0.3 is 11.9 Å². The standard InChI is InChI=1S/C24H34O8/c1-3-23(15-29-16-23)13-27-9-11-31-21(25)19-5-7-20(8-6-19)22(26)32-12-10-28-14-24(4-2)17-30-18-24/h5-8H,3-4,9-18H2,1-2H3. The molecule has 0 bridgehead atoms. The second-order valence-electron chi connectivity index (χ2n) is 8.65. The zero-order valence-corrected chi connectivity index (χ0v) is 19.1. The van der Waals surface area contributed by atoms with E-state index < -0.39 is 11.9 Å². The highest BCUT2D eigenvalue weighted by Crippen LogP contribution is 2.32. The van der Waals surface area contributed by atoms with Gasteiger partial charge in [0.2, 0.25) is 0 Å². The summed E-state index contributed by atoms with van der Waals surface area (Å²) in [6, 6.07) is 6.21. The van der Waals surface area contributed by atoms with Gasteiger partial charge in [0.25, 0.3) is 0 Å². The molecular weight excluding hydrogens is 416 g/mol. The van der Waals surface area contributed by atoms with Crippen molar-refractivity contribution in [1.29, 1.82) is 0 Å². The molecule has 0 atom stereocenters. The molecule has 0 amide bonds. The first-order chi connectivity index (χ1) is 15.5. The fourth-order valence-electron chi connectivity index (χ4n) is 3.43. The lowest BCUT2D eigenvalue weighted by Crippen LogP contribution is -2.45. The van der Waals surface area contributed by atoms with Gasteiger partial charge in [0.05, 0.1) is 64.0 Å². The smallest absolute Gasteiger partial charge is 0.338 e. The Morgan fingerprint density at radius 3 is 1.38 bits per heavy atom. The van der Waals surface area contributed by atoms with E-state index in [1.165, 1.54) is 0 Å². The molecule has 178 valence electrons. The van der Waals surface area contributed by atoms with Gasteiger partial charge in [-0.15, -0.1) is 0 Å². The summed E-state index contributed by atoms with van der Waals surface area (Å²) in [5.74, 6) is -0.909. The Bertz CT molecular complexity index is 663. The Morgan fingerprint density at radius 1 is 0.719 bits per heavy atom. The second-order valence-corrected chi connectivity index (χ2v) is 8.65. The fraction of sp³-hybridized carbons (Fsp3) is 0.667. The number of rotatable bonds is 14. The molecular formula is C24H34O8. The van der Waals surface area contributed by atoms with E-state index in [1.54, 1.807) is 24.3 Å². The summed E-state index contributed by atoms with van der Waals surface area (Å²) in [4.78, 5) is 24.3. The Morgan fingerprint density at radius 2 is 1.09 bits per heavy atom. The van der Waals surface area contributed by atoms with E-state index >= 15 is 0 Å². The maximum atomic E-state index is 12.1. The molecule has 0 unspecified atom stereocenters. The maximum Gasteiger partial charge on any atom is 0.338 e. The highest BCUT2D eigenvalue weighted by Gasteiger charge is 2.37. The Kier molecular flexibility index (Phi) is 9.04. The van der Waals surface area contributed by atoms with Crippen LogP contribution < -0.4 is 0 Å². The zero-order valence-electron chi connectivity index (χ0n) is 19.1. The minimum absolute atomic E-state index is 0.115. The second kappa shape index (κ2) is 11.7. The Labute approximate surface area is 189 Å². The van der Waals surface area contributed by atoms with E-state index in [4.69, 9.17) is 28.4 Å². The number of hydrogen-bond acceptors (Lipinski definition) is 8. The third-order valence-corrected chi connectivity index (χ3v) is 6.23. The van der Waals surface area contributed by atoms with E-state index in [2.05, 4.69) is 13.8 Å². The Balaban J connectivity index is 1.29. The molecule has 8 nitrogen and oxygen atoms in total. The fourth-order valence-corrected chi connectivity index (χ4v) is 3.43. The molecule has 0 N–H and O–H groups in total. The van der Waals surface area contributed by atoms with Gasteiger partial charge in [0.15, 0.2) is 0 Å². The summed E-state index contributed by atoms with van der Waals surface area (Å²) in [5.41, 5.74) is 0.970. The quantitative estimate of drug-likeness (QED) is 0.316. The molecule has 0 aromatic heterocycles. The molecule has 0 saturated carbocycles. The van der Waals surface area contributed by atoms with Crippen LogP contribution in [0.25, 0.3) is 0 Å². The molecule has 2 aliphatic rings. The molecule has 3 rings (SSSR count). The number of ether oxygens (including phenoxy) is 6.